The van der Waals surface area contributed by atoms with Crippen molar-refractivity contribution in [3.8, 4) is 0 Å². The van der Waals surface area contributed by atoms with E-state index in [1.54, 1.807) is 0 Å². The molecule has 1 aliphatic heterocycles. The van der Waals surface area contributed by atoms with Crippen molar-refractivity contribution in [2.45, 2.75) is 5.25 Å². The minimum atomic E-state index is -0.403. The fourth-order valence-electron chi connectivity index (χ4n) is 1.62. The molecule has 1 atom stereocenters. The van der Waals surface area contributed by atoms with Gasteiger partial charge in [-0.25, -0.2) is 0 Å². The van der Waals surface area contributed by atoms with Gasteiger partial charge >= 0.3 is 0 Å². The standard InChI is InChI=1S/C11H12N2O2S/c12-6-7-13-10(14)9(16-11(13)15)8-4-2-1-3-5-8/h1-5,9H,6-7,12H2/t9-/m0/s1. The van der Waals surface area contributed by atoms with Crippen LogP contribution in [0.2, 0.25) is 0 Å². The monoisotopic (exact) mass is 236 g/mol. The van der Waals surface area contributed by atoms with Crippen LogP contribution in [0.3, 0.4) is 0 Å². The van der Waals surface area contributed by atoms with Gasteiger partial charge in [0.25, 0.3) is 5.24 Å². The Bertz CT molecular complexity index is 408. The molecule has 2 N–H and O–H groups in total. The third-order valence-corrected chi connectivity index (χ3v) is 3.52. The summed E-state index contributed by atoms with van der Waals surface area (Å²) in [7, 11) is 0. The van der Waals surface area contributed by atoms with E-state index in [0.29, 0.717) is 13.1 Å². The van der Waals surface area contributed by atoms with E-state index in [2.05, 4.69) is 0 Å². The molecule has 2 rings (SSSR count). The van der Waals surface area contributed by atoms with E-state index < -0.39 is 5.25 Å². The molecule has 16 heavy (non-hydrogen) atoms. The number of hydrogen-bond acceptors (Lipinski definition) is 4. The Hall–Kier alpha value is -1.33. The number of carbonyl (C=O) groups is 2. The van der Waals surface area contributed by atoms with Gasteiger partial charge in [-0.2, -0.15) is 0 Å². The highest BCUT2D eigenvalue weighted by atomic mass is 32.2. The molecule has 0 radical (unpaired) electrons. The van der Waals surface area contributed by atoms with Crippen LogP contribution in [0.4, 0.5) is 4.79 Å². The Labute approximate surface area is 97.8 Å². The zero-order chi connectivity index (χ0) is 11.5. The highest BCUT2D eigenvalue weighted by Gasteiger charge is 2.39. The van der Waals surface area contributed by atoms with E-state index in [-0.39, 0.29) is 11.1 Å². The Morgan fingerprint density at radius 1 is 1.25 bits per heavy atom. The van der Waals surface area contributed by atoms with Gasteiger partial charge < -0.3 is 5.73 Å². The van der Waals surface area contributed by atoms with Crippen LogP contribution < -0.4 is 5.73 Å². The Morgan fingerprint density at radius 2 is 1.94 bits per heavy atom. The number of nitrogens with zero attached hydrogens (tertiary/aromatic N) is 1. The lowest BCUT2D eigenvalue weighted by molar-refractivity contribution is -0.126. The molecule has 1 fully saturated rings. The van der Waals surface area contributed by atoms with E-state index in [0.717, 1.165) is 17.3 Å². The van der Waals surface area contributed by atoms with Gasteiger partial charge in [0.2, 0.25) is 5.91 Å². The van der Waals surface area contributed by atoms with Crippen molar-refractivity contribution in [2.24, 2.45) is 5.73 Å². The molecule has 5 heteroatoms. The van der Waals surface area contributed by atoms with Crippen molar-refractivity contribution in [2.75, 3.05) is 13.1 Å². The van der Waals surface area contributed by atoms with Crippen LogP contribution >= 0.6 is 11.8 Å². The van der Waals surface area contributed by atoms with Gasteiger partial charge in [0, 0.05) is 13.1 Å². The molecule has 0 bridgehead atoms. The number of thioether (sulfide) groups is 1. The van der Waals surface area contributed by atoms with Crippen molar-refractivity contribution < 1.29 is 9.59 Å². The summed E-state index contributed by atoms with van der Waals surface area (Å²) >= 11 is 1.06. The lowest BCUT2D eigenvalue weighted by Crippen LogP contribution is -2.34. The molecule has 0 unspecified atom stereocenters. The summed E-state index contributed by atoms with van der Waals surface area (Å²) in [5.41, 5.74) is 6.23. The van der Waals surface area contributed by atoms with Crippen LogP contribution in [0, 0.1) is 0 Å². The third-order valence-electron chi connectivity index (χ3n) is 2.38. The molecule has 0 spiro atoms. The average Bonchev–Trinajstić information content (AvgIpc) is 2.59. The Kier molecular flexibility index (Phi) is 3.26. The van der Waals surface area contributed by atoms with Crippen molar-refractivity contribution >= 4 is 22.9 Å². The molecular weight excluding hydrogens is 224 g/mol. The summed E-state index contributed by atoms with van der Waals surface area (Å²) < 4.78 is 0. The molecule has 4 nitrogen and oxygen atoms in total. The molecule has 2 amide bonds. The van der Waals surface area contributed by atoms with Crippen molar-refractivity contribution in [3.63, 3.8) is 0 Å². The first-order valence-corrected chi connectivity index (χ1v) is 5.89. The second-order valence-corrected chi connectivity index (χ2v) is 4.51. The maximum atomic E-state index is 11.9. The summed E-state index contributed by atoms with van der Waals surface area (Å²) in [5, 5.41) is -0.607. The number of rotatable bonds is 3. The van der Waals surface area contributed by atoms with E-state index >= 15 is 0 Å². The van der Waals surface area contributed by atoms with E-state index in [4.69, 9.17) is 5.73 Å². The Morgan fingerprint density at radius 3 is 2.56 bits per heavy atom. The lowest BCUT2D eigenvalue weighted by atomic mass is 10.1. The maximum Gasteiger partial charge on any atom is 0.289 e. The summed E-state index contributed by atoms with van der Waals surface area (Å²) in [6.07, 6.45) is 0. The molecule has 1 saturated heterocycles. The quantitative estimate of drug-likeness (QED) is 0.861. The topological polar surface area (TPSA) is 63.4 Å². The number of amides is 2. The first-order chi connectivity index (χ1) is 7.74. The molecule has 1 aromatic carbocycles. The van der Waals surface area contributed by atoms with Gasteiger partial charge in [-0.3, -0.25) is 14.5 Å². The third kappa shape index (κ3) is 1.96. The maximum absolute atomic E-state index is 11.9. The van der Waals surface area contributed by atoms with E-state index in [1.165, 1.54) is 4.90 Å². The smallest absolute Gasteiger partial charge is 0.289 e. The lowest BCUT2D eigenvalue weighted by Gasteiger charge is -2.11. The number of hydrogen-bond donors (Lipinski definition) is 1. The summed E-state index contributed by atoms with van der Waals surface area (Å²) in [5.74, 6) is -0.161. The minimum Gasteiger partial charge on any atom is -0.329 e. The molecule has 0 aliphatic carbocycles. The first-order valence-electron chi connectivity index (χ1n) is 5.01. The van der Waals surface area contributed by atoms with E-state index in [9.17, 15) is 9.59 Å². The highest BCUT2D eigenvalue weighted by Crippen LogP contribution is 2.38. The van der Waals surface area contributed by atoms with Crippen LogP contribution in [0.5, 0.6) is 0 Å². The van der Waals surface area contributed by atoms with Crippen LogP contribution in [0.15, 0.2) is 30.3 Å². The molecular formula is C11H12N2O2S. The van der Waals surface area contributed by atoms with Gasteiger partial charge in [-0.05, 0) is 17.3 Å². The molecule has 1 heterocycles. The van der Waals surface area contributed by atoms with Gasteiger partial charge in [-0.15, -0.1) is 0 Å². The van der Waals surface area contributed by atoms with Gasteiger partial charge in [0.15, 0.2) is 0 Å². The Balaban J connectivity index is 2.21. The van der Waals surface area contributed by atoms with Gasteiger partial charge in [-0.1, -0.05) is 30.3 Å². The second kappa shape index (κ2) is 4.67. The van der Waals surface area contributed by atoms with Crippen LogP contribution in [-0.4, -0.2) is 29.1 Å². The molecule has 0 aromatic heterocycles. The molecule has 84 valence electrons. The molecule has 1 aromatic rings. The van der Waals surface area contributed by atoms with Crippen molar-refractivity contribution in [1.82, 2.24) is 4.90 Å². The molecule has 1 aliphatic rings. The predicted octanol–water partition coefficient (Wildman–Crippen LogP) is 1.38. The minimum absolute atomic E-state index is 0.161. The van der Waals surface area contributed by atoms with Gasteiger partial charge in [0.05, 0.1) is 0 Å². The summed E-state index contributed by atoms with van der Waals surface area (Å²) in [4.78, 5) is 24.7. The first kappa shape index (κ1) is 11.2. The zero-order valence-electron chi connectivity index (χ0n) is 8.63. The normalized spacial score (nSPS) is 20.6. The van der Waals surface area contributed by atoms with Gasteiger partial charge in [0.1, 0.15) is 5.25 Å². The number of imide groups is 1. The summed E-state index contributed by atoms with van der Waals surface area (Å²) in [6.45, 7) is 0.605. The fourth-order valence-corrected chi connectivity index (χ4v) is 2.65. The number of carbonyl (C=O) groups excluding carboxylic acids is 2. The summed E-state index contributed by atoms with van der Waals surface area (Å²) in [6, 6.07) is 9.31. The van der Waals surface area contributed by atoms with Crippen LogP contribution in [0.25, 0.3) is 0 Å². The van der Waals surface area contributed by atoms with E-state index in [1.807, 2.05) is 30.3 Å². The number of nitrogens with two attached hydrogens (primary N) is 1. The average molecular weight is 236 g/mol. The highest BCUT2D eigenvalue weighted by molar-refractivity contribution is 8.14. The SMILES string of the molecule is NCCN1C(=O)S[C@@H](c2ccccc2)C1=O. The van der Waals surface area contributed by atoms with Crippen molar-refractivity contribution in [1.29, 1.82) is 0 Å². The second-order valence-electron chi connectivity index (χ2n) is 3.45. The van der Waals surface area contributed by atoms with Crippen LogP contribution in [0.1, 0.15) is 10.8 Å². The predicted molar refractivity (Wildman–Crippen MR) is 62.9 cm³/mol. The largest absolute Gasteiger partial charge is 0.329 e. The molecule has 0 saturated carbocycles. The fraction of sp³-hybridized carbons (Fsp3) is 0.273. The number of benzene rings is 1. The van der Waals surface area contributed by atoms with Crippen LogP contribution in [-0.2, 0) is 4.79 Å². The zero-order valence-corrected chi connectivity index (χ0v) is 9.44. The van der Waals surface area contributed by atoms with Crippen molar-refractivity contribution in [3.05, 3.63) is 35.9 Å².